The highest BCUT2D eigenvalue weighted by Crippen LogP contribution is 2.68. The van der Waals surface area contributed by atoms with Crippen LogP contribution in [-0.2, 0) is 11.3 Å². The molecule has 1 unspecified atom stereocenters. The maximum atomic E-state index is 13.0. The SMILES string of the molecule is C[C@H](CCC(=O)NCC[N+]1(Cc2ccccc2)CCCC1)[C@H]1CC[C@H]2[C@@H]3CCC4CCCC[C@]4(C)[C@H]3CC[C@]12C. The highest BCUT2D eigenvalue weighted by Gasteiger charge is 2.60. The average molecular weight is 548 g/mol. The van der Waals surface area contributed by atoms with Crippen molar-refractivity contribution < 1.29 is 9.28 Å². The van der Waals surface area contributed by atoms with E-state index in [4.69, 9.17) is 0 Å². The van der Waals surface area contributed by atoms with Crippen molar-refractivity contribution in [1.29, 1.82) is 0 Å². The van der Waals surface area contributed by atoms with Crippen LogP contribution >= 0.6 is 0 Å². The minimum absolute atomic E-state index is 0.288. The number of carbonyl (C=O) groups is 1. The van der Waals surface area contributed by atoms with Crippen LogP contribution in [0.5, 0.6) is 0 Å². The standard InChI is InChI=1S/C37H58N2O/c1-28(14-19-35(40)38-23-26-39(24-9-10-25-39)27-29-11-5-4-6-12-29)32-17-18-33-31-16-15-30-13-7-8-21-36(30,2)34(31)20-22-37(32,33)3/h4-6,11-12,28,30-34H,7-10,13-27H2,1-3H3/p+1/t28-,30?,31+,32-,33+,34+,36+,37-/m1/s1. The van der Waals surface area contributed by atoms with E-state index in [2.05, 4.69) is 56.4 Å². The third-order valence-electron chi connectivity index (χ3n) is 14.0. The van der Waals surface area contributed by atoms with Crippen molar-refractivity contribution in [2.24, 2.45) is 46.3 Å². The molecular weight excluding hydrogens is 488 g/mol. The van der Waals surface area contributed by atoms with Crippen molar-refractivity contribution in [2.75, 3.05) is 26.2 Å². The zero-order valence-corrected chi connectivity index (χ0v) is 26.1. The van der Waals surface area contributed by atoms with E-state index in [-0.39, 0.29) is 5.91 Å². The van der Waals surface area contributed by atoms with Crippen molar-refractivity contribution >= 4 is 5.91 Å². The number of fused-ring (bicyclic) bond motifs is 5. The lowest BCUT2D eigenvalue weighted by atomic mass is 9.44. The largest absolute Gasteiger partial charge is 0.350 e. The first kappa shape index (κ1) is 28.8. The van der Waals surface area contributed by atoms with Crippen molar-refractivity contribution in [3.05, 3.63) is 35.9 Å². The Balaban J connectivity index is 0.991. The normalized spacial score (nSPS) is 39.1. The fourth-order valence-corrected chi connectivity index (χ4v) is 11.8. The number of rotatable bonds is 9. The van der Waals surface area contributed by atoms with Gasteiger partial charge in [0.15, 0.2) is 0 Å². The van der Waals surface area contributed by atoms with Gasteiger partial charge in [0, 0.05) is 24.8 Å². The van der Waals surface area contributed by atoms with E-state index in [1.165, 1.54) is 95.7 Å². The smallest absolute Gasteiger partial charge is 0.220 e. The zero-order chi connectivity index (χ0) is 27.8. The molecule has 6 rings (SSSR count). The Morgan fingerprint density at radius 3 is 2.48 bits per heavy atom. The molecule has 1 N–H and O–H groups in total. The van der Waals surface area contributed by atoms with Crippen LogP contribution < -0.4 is 5.32 Å². The summed E-state index contributed by atoms with van der Waals surface area (Å²) in [6.45, 7) is 13.4. The maximum absolute atomic E-state index is 13.0. The van der Waals surface area contributed by atoms with Crippen LogP contribution in [0.2, 0.25) is 0 Å². The summed E-state index contributed by atoms with van der Waals surface area (Å²) in [6.07, 6.45) is 19.2. The summed E-state index contributed by atoms with van der Waals surface area (Å²) in [5.41, 5.74) is 2.59. The van der Waals surface area contributed by atoms with E-state index < -0.39 is 0 Å². The van der Waals surface area contributed by atoms with Gasteiger partial charge in [0.2, 0.25) is 5.91 Å². The molecule has 8 atom stereocenters. The molecule has 0 spiro atoms. The van der Waals surface area contributed by atoms with Crippen LogP contribution in [0, 0.1) is 46.3 Å². The Labute approximate surface area is 245 Å². The Hall–Kier alpha value is -1.35. The van der Waals surface area contributed by atoms with E-state index in [1.807, 2.05) is 0 Å². The topological polar surface area (TPSA) is 29.1 Å². The van der Waals surface area contributed by atoms with Gasteiger partial charge in [-0.2, -0.15) is 0 Å². The maximum Gasteiger partial charge on any atom is 0.220 e. The molecule has 1 aromatic carbocycles. The van der Waals surface area contributed by atoms with Gasteiger partial charge >= 0.3 is 0 Å². The number of amides is 1. The number of carbonyl (C=O) groups excluding carboxylic acids is 1. The number of quaternary nitrogens is 1. The second kappa shape index (κ2) is 11.7. The molecule has 3 nitrogen and oxygen atoms in total. The monoisotopic (exact) mass is 547 g/mol. The number of hydrogen-bond acceptors (Lipinski definition) is 1. The summed E-state index contributed by atoms with van der Waals surface area (Å²) in [6, 6.07) is 11.0. The quantitative estimate of drug-likeness (QED) is 0.309. The Kier molecular flexibility index (Phi) is 8.44. The lowest BCUT2D eigenvalue weighted by molar-refractivity contribution is -0.928. The van der Waals surface area contributed by atoms with Crippen LogP contribution in [0.4, 0.5) is 0 Å². The van der Waals surface area contributed by atoms with Gasteiger partial charge in [-0.15, -0.1) is 0 Å². The summed E-state index contributed by atoms with van der Waals surface area (Å²) in [4.78, 5) is 13.0. The lowest BCUT2D eigenvalue weighted by Crippen LogP contribution is -2.53. The molecule has 5 fully saturated rings. The number of hydrogen-bond donors (Lipinski definition) is 1. The molecule has 0 radical (unpaired) electrons. The third-order valence-corrected chi connectivity index (χ3v) is 14.0. The zero-order valence-electron chi connectivity index (χ0n) is 26.1. The summed E-state index contributed by atoms with van der Waals surface area (Å²) >= 11 is 0. The minimum Gasteiger partial charge on any atom is -0.350 e. The molecule has 5 aliphatic rings. The summed E-state index contributed by atoms with van der Waals surface area (Å²) in [7, 11) is 0. The second-order valence-electron chi connectivity index (χ2n) is 15.9. The van der Waals surface area contributed by atoms with Gasteiger partial charge in [-0.05, 0) is 104 Å². The predicted octanol–water partition coefficient (Wildman–Crippen LogP) is 8.38. The molecule has 1 aliphatic heterocycles. The molecular formula is C37H59N2O+. The van der Waals surface area contributed by atoms with E-state index in [9.17, 15) is 4.79 Å². The molecule has 1 amide bonds. The minimum atomic E-state index is 0.288. The molecule has 1 saturated heterocycles. The second-order valence-corrected chi connectivity index (χ2v) is 15.9. The Morgan fingerprint density at radius 1 is 0.900 bits per heavy atom. The lowest BCUT2D eigenvalue weighted by Gasteiger charge is -2.61. The van der Waals surface area contributed by atoms with Crippen molar-refractivity contribution in [2.45, 2.75) is 117 Å². The van der Waals surface area contributed by atoms with E-state index in [0.29, 0.717) is 23.2 Å². The Morgan fingerprint density at radius 2 is 1.68 bits per heavy atom. The van der Waals surface area contributed by atoms with E-state index in [1.54, 1.807) is 0 Å². The highest BCUT2D eigenvalue weighted by molar-refractivity contribution is 5.75. The average Bonchev–Trinajstić information content (AvgIpc) is 3.56. The molecule has 0 aromatic heterocycles. The van der Waals surface area contributed by atoms with Gasteiger partial charge < -0.3 is 9.80 Å². The van der Waals surface area contributed by atoms with Gasteiger partial charge in [-0.25, -0.2) is 0 Å². The molecule has 4 saturated carbocycles. The molecule has 1 heterocycles. The number of likely N-dealkylation sites (tertiary alicyclic amines) is 1. The van der Waals surface area contributed by atoms with Crippen LogP contribution in [0.3, 0.4) is 0 Å². The van der Waals surface area contributed by atoms with Crippen LogP contribution in [0.25, 0.3) is 0 Å². The van der Waals surface area contributed by atoms with Gasteiger partial charge in [0.1, 0.15) is 6.54 Å². The van der Waals surface area contributed by atoms with Crippen LogP contribution in [0.1, 0.15) is 116 Å². The van der Waals surface area contributed by atoms with Crippen molar-refractivity contribution in [3.8, 4) is 0 Å². The predicted molar refractivity (Wildman–Crippen MR) is 165 cm³/mol. The van der Waals surface area contributed by atoms with Gasteiger partial charge in [-0.3, -0.25) is 4.79 Å². The van der Waals surface area contributed by atoms with Crippen LogP contribution in [0.15, 0.2) is 30.3 Å². The van der Waals surface area contributed by atoms with Gasteiger partial charge in [0.05, 0.1) is 26.2 Å². The van der Waals surface area contributed by atoms with Crippen molar-refractivity contribution in [3.63, 3.8) is 0 Å². The van der Waals surface area contributed by atoms with Crippen LogP contribution in [-0.4, -0.2) is 36.6 Å². The highest BCUT2D eigenvalue weighted by atomic mass is 16.1. The third kappa shape index (κ3) is 5.43. The molecule has 222 valence electrons. The number of nitrogens with zero attached hydrogens (tertiary/aromatic N) is 1. The fourth-order valence-electron chi connectivity index (χ4n) is 11.8. The first-order valence-corrected chi connectivity index (χ1v) is 17.5. The summed E-state index contributed by atoms with van der Waals surface area (Å²) < 4.78 is 1.14. The van der Waals surface area contributed by atoms with Gasteiger partial charge in [-0.1, -0.05) is 63.9 Å². The molecule has 3 heteroatoms. The first-order chi connectivity index (χ1) is 19.3. The number of benzene rings is 1. The summed E-state index contributed by atoms with van der Waals surface area (Å²) in [5, 5.41) is 3.35. The molecule has 0 bridgehead atoms. The molecule has 4 aliphatic carbocycles. The van der Waals surface area contributed by atoms with Gasteiger partial charge in [0.25, 0.3) is 0 Å². The Bertz CT molecular complexity index is 1000. The van der Waals surface area contributed by atoms with E-state index >= 15 is 0 Å². The first-order valence-electron chi connectivity index (χ1n) is 17.5. The number of nitrogens with one attached hydrogen (secondary N) is 1. The molecule has 40 heavy (non-hydrogen) atoms. The fraction of sp³-hybridized carbons (Fsp3) is 0.811. The summed E-state index contributed by atoms with van der Waals surface area (Å²) in [5.74, 6) is 5.69. The van der Waals surface area contributed by atoms with Crippen molar-refractivity contribution in [1.82, 2.24) is 5.32 Å². The molecule has 1 aromatic rings. The van der Waals surface area contributed by atoms with E-state index in [0.717, 1.165) is 60.1 Å².